The summed E-state index contributed by atoms with van der Waals surface area (Å²) in [6.07, 6.45) is 0.558. The molecule has 0 bridgehead atoms. The molecule has 5 N–H and O–H groups in total. The fourth-order valence-electron chi connectivity index (χ4n) is 3.61. The fourth-order valence-corrected chi connectivity index (χ4v) is 3.61. The lowest BCUT2D eigenvalue weighted by Crippen LogP contribution is -2.48. The summed E-state index contributed by atoms with van der Waals surface area (Å²) in [7, 11) is 0. The van der Waals surface area contributed by atoms with E-state index in [1.165, 1.54) is 0 Å². The minimum absolute atomic E-state index is 0.0909. The summed E-state index contributed by atoms with van der Waals surface area (Å²) >= 11 is 0. The molecule has 9 nitrogen and oxygen atoms in total. The van der Waals surface area contributed by atoms with Gasteiger partial charge in [-0.15, -0.1) is 0 Å². The maximum atomic E-state index is 11.0. The number of fused-ring (bicyclic) bond motifs is 1. The molecule has 0 amide bonds. The van der Waals surface area contributed by atoms with Crippen molar-refractivity contribution in [1.82, 2.24) is 14.9 Å². The Morgan fingerprint density at radius 3 is 2.78 bits per heavy atom. The van der Waals surface area contributed by atoms with E-state index < -0.39 is 11.6 Å². The van der Waals surface area contributed by atoms with Gasteiger partial charge in [-0.25, -0.2) is 4.79 Å². The third-order valence-corrected chi connectivity index (χ3v) is 4.87. The summed E-state index contributed by atoms with van der Waals surface area (Å²) < 4.78 is 11.9. The van der Waals surface area contributed by atoms with Crippen LogP contribution in [0.5, 0.6) is 5.88 Å². The fraction of sp³-hybridized carbons (Fsp3) is 0.389. The number of aromatic carboxylic acids is 1. The maximum absolute atomic E-state index is 11.0. The molecule has 1 saturated heterocycles. The van der Waals surface area contributed by atoms with Crippen LogP contribution in [0.25, 0.3) is 0 Å². The van der Waals surface area contributed by atoms with E-state index in [9.17, 15) is 4.79 Å². The van der Waals surface area contributed by atoms with Gasteiger partial charge in [-0.2, -0.15) is 9.97 Å². The van der Waals surface area contributed by atoms with Gasteiger partial charge in [-0.3, -0.25) is 4.90 Å². The predicted molar refractivity (Wildman–Crippen MR) is 97.4 cm³/mol. The number of carboxylic acid groups (broad SMARTS) is 1. The predicted octanol–water partition coefficient (Wildman–Crippen LogP) is 0.545. The number of anilines is 2. The van der Waals surface area contributed by atoms with Crippen molar-refractivity contribution in [2.24, 2.45) is 0 Å². The molecule has 0 saturated carbocycles. The molecule has 27 heavy (non-hydrogen) atoms. The van der Waals surface area contributed by atoms with Crippen molar-refractivity contribution in [3.63, 3.8) is 0 Å². The van der Waals surface area contributed by atoms with Gasteiger partial charge in [0, 0.05) is 26.1 Å². The van der Waals surface area contributed by atoms with E-state index in [0.717, 1.165) is 17.7 Å². The van der Waals surface area contributed by atoms with Crippen LogP contribution >= 0.6 is 0 Å². The highest BCUT2D eigenvalue weighted by Crippen LogP contribution is 2.38. The number of benzene rings is 1. The van der Waals surface area contributed by atoms with Gasteiger partial charge < -0.3 is 26.0 Å². The lowest BCUT2D eigenvalue weighted by Gasteiger charge is -2.31. The Kier molecular flexibility index (Phi) is 4.33. The van der Waals surface area contributed by atoms with Crippen molar-refractivity contribution in [3.8, 4) is 5.88 Å². The van der Waals surface area contributed by atoms with Crippen molar-refractivity contribution in [2.75, 3.05) is 37.8 Å². The van der Waals surface area contributed by atoms with Crippen LogP contribution in [-0.2, 0) is 17.7 Å². The monoisotopic (exact) mass is 371 g/mol. The number of nitrogens with two attached hydrogens (primary N) is 2. The van der Waals surface area contributed by atoms with Gasteiger partial charge in [0.05, 0.1) is 24.3 Å². The molecule has 4 rings (SSSR count). The summed E-state index contributed by atoms with van der Waals surface area (Å²) in [6.45, 7) is 3.04. The summed E-state index contributed by atoms with van der Waals surface area (Å²) in [5.41, 5.74) is 13.1. The third-order valence-electron chi connectivity index (χ3n) is 4.87. The smallest absolute Gasteiger partial charge is 0.335 e. The number of rotatable bonds is 3. The topological polar surface area (TPSA) is 137 Å². The number of aromatic nitrogens is 2. The molecule has 3 heterocycles. The van der Waals surface area contributed by atoms with Crippen LogP contribution in [0.2, 0.25) is 0 Å². The lowest BCUT2D eigenvalue weighted by atomic mass is 9.97. The Morgan fingerprint density at radius 1 is 1.26 bits per heavy atom. The SMILES string of the molecule is Nc1nc(N)c2c(n1)O[C@@]1(COCCN(Cc3ccc(C(=O)O)cc3)C1)C2. The zero-order chi connectivity index (χ0) is 19.0. The number of hydrogen-bond donors (Lipinski definition) is 3. The number of carbonyl (C=O) groups is 1. The molecule has 1 atom stereocenters. The van der Waals surface area contributed by atoms with E-state index in [1.54, 1.807) is 12.1 Å². The average molecular weight is 371 g/mol. The average Bonchev–Trinajstić information content (AvgIpc) is 2.85. The molecule has 142 valence electrons. The molecule has 2 aromatic rings. The molecule has 1 spiro atoms. The summed E-state index contributed by atoms with van der Waals surface area (Å²) in [4.78, 5) is 21.4. The van der Waals surface area contributed by atoms with Crippen LogP contribution in [0.15, 0.2) is 24.3 Å². The van der Waals surface area contributed by atoms with Gasteiger partial charge in [0.2, 0.25) is 11.8 Å². The van der Waals surface area contributed by atoms with Gasteiger partial charge >= 0.3 is 5.97 Å². The van der Waals surface area contributed by atoms with Crippen LogP contribution in [-0.4, -0.2) is 57.8 Å². The first-order valence-corrected chi connectivity index (χ1v) is 8.67. The molecule has 0 radical (unpaired) electrons. The van der Waals surface area contributed by atoms with Crippen molar-refractivity contribution in [3.05, 3.63) is 41.0 Å². The first kappa shape index (κ1) is 17.5. The van der Waals surface area contributed by atoms with E-state index in [1.807, 2.05) is 12.1 Å². The van der Waals surface area contributed by atoms with Gasteiger partial charge in [0.15, 0.2) is 5.60 Å². The van der Waals surface area contributed by atoms with Crippen molar-refractivity contribution in [2.45, 2.75) is 18.6 Å². The second kappa shape index (κ2) is 6.67. The highest BCUT2D eigenvalue weighted by atomic mass is 16.6. The minimum atomic E-state index is -0.932. The summed E-state index contributed by atoms with van der Waals surface area (Å²) in [6, 6.07) is 6.89. The van der Waals surface area contributed by atoms with Crippen LogP contribution in [0.4, 0.5) is 11.8 Å². The van der Waals surface area contributed by atoms with E-state index in [4.69, 9.17) is 26.0 Å². The highest BCUT2D eigenvalue weighted by Gasteiger charge is 2.44. The van der Waals surface area contributed by atoms with Crippen molar-refractivity contribution < 1.29 is 19.4 Å². The molecule has 9 heteroatoms. The van der Waals surface area contributed by atoms with Crippen LogP contribution in [0.1, 0.15) is 21.5 Å². The normalized spacial score (nSPS) is 22.2. The Labute approximate surface area is 155 Å². The maximum Gasteiger partial charge on any atom is 0.335 e. The number of nitrogen functional groups attached to an aromatic ring is 2. The number of carboxylic acids is 1. The quantitative estimate of drug-likeness (QED) is 0.706. The standard InChI is InChI=1S/C18H21N5O4/c19-14-13-7-18(27-15(13)22-17(20)21-14)9-23(5-6-26-10-18)8-11-1-3-12(4-2-11)16(24)25/h1-4H,5-10H2,(H,24,25)(H4,19,20,21,22)/t18-/m0/s1. The number of nitrogens with zero attached hydrogens (tertiary/aromatic N) is 3. The second-order valence-corrected chi connectivity index (χ2v) is 6.98. The molecular weight excluding hydrogens is 350 g/mol. The largest absolute Gasteiger partial charge is 0.478 e. The first-order chi connectivity index (χ1) is 12.9. The Morgan fingerprint density at radius 2 is 2.04 bits per heavy atom. The van der Waals surface area contributed by atoms with Crippen LogP contribution < -0.4 is 16.2 Å². The minimum Gasteiger partial charge on any atom is -0.478 e. The highest BCUT2D eigenvalue weighted by molar-refractivity contribution is 5.87. The van der Waals surface area contributed by atoms with Crippen molar-refractivity contribution >= 4 is 17.7 Å². The van der Waals surface area contributed by atoms with Gasteiger partial charge in [0.1, 0.15) is 5.82 Å². The molecule has 2 aliphatic heterocycles. The Bertz CT molecular complexity index is 873. The zero-order valence-electron chi connectivity index (χ0n) is 14.7. The molecule has 1 aromatic carbocycles. The van der Waals surface area contributed by atoms with Gasteiger partial charge in [0.25, 0.3) is 0 Å². The van der Waals surface area contributed by atoms with E-state index >= 15 is 0 Å². The summed E-state index contributed by atoms with van der Waals surface area (Å²) in [5.74, 6) is -0.0716. The summed E-state index contributed by atoms with van der Waals surface area (Å²) in [5, 5.41) is 9.03. The second-order valence-electron chi connectivity index (χ2n) is 6.98. The lowest BCUT2D eigenvalue weighted by molar-refractivity contribution is -0.00264. The molecule has 2 aliphatic rings. The van der Waals surface area contributed by atoms with E-state index in [0.29, 0.717) is 44.4 Å². The Balaban J connectivity index is 1.51. The molecule has 0 unspecified atom stereocenters. The molecule has 1 aromatic heterocycles. The van der Waals surface area contributed by atoms with E-state index in [-0.39, 0.29) is 11.5 Å². The number of ether oxygens (including phenoxy) is 2. The third kappa shape index (κ3) is 3.51. The van der Waals surface area contributed by atoms with Crippen LogP contribution in [0, 0.1) is 0 Å². The van der Waals surface area contributed by atoms with Crippen LogP contribution in [0.3, 0.4) is 0 Å². The number of hydrogen-bond acceptors (Lipinski definition) is 8. The molecule has 1 fully saturated rings. The Hall–Kier alpha value is -2.91. The van der Waals surface area contributed by atoms with E-state index in [2.05, 4.69) is 14.9 Å². The molecule has 0 aliphatic carbocycles. The van der Waals surface area contributed by atoms with Gasteiger partial charge in [-0.05, 0) is 17.7 Å². The molecular formula is C18H21N5O4. The van der Waals surface area contributed by atoms with Crippen molar-refractivity contribution in [1.29, 1.82) is 0 Å². The first-order valence-electron chi connectivity index (χ1n) is 8.67. The van der Waals surface area contributed by atoms with Gasteiger partial charge in [-0.1, -0.05) is 12.1 Å². The zero-order valence-corrected chi connectivity index (χ0v) is 14.7.